The van der Waals surface area contributed by atoms with E-state index in [9.17, 15) is 24.0 Å². The van der Waals surface area contributed by atoms with Gasteiger partial charge in [-0.05, 0) is 110 Å². The Bertz CT molecular complexity index is 2490. The van der Waals surface area contributed by atoms with Crippen LogP contribution in [0.4, 0.5) is 4.79 Å². The summed E-state index contributed by atoms with van der Waals surface area (Å²) in [6.07, 6.45) is 4.78. The van der Waals surface area contributed by atoms with E-state index in [1.54, 1.807) is 65.2 Å². The quantitative estimate of drug-likeness (QED) is 0.150. The van der Waals surface area contributed by atoms with Crippen molar-refractivity contribution in [2.45, 2.75) is 52.9 Å². The fourth-order valence-corrected chi connectivity index (χ4v) is 6.53. The number of amides is 2. The zero-order valence-corrected chi connectivity index (χ0v) is 35.7. The van der Waals surface area contributed by atoms with Crippen LogP contribution in [0.25, 0.3) is 32.3 Å². The van der Waals surface area contributed by atoms with Gasteiger partial charge in [0.15, 0.2) is 0 Å². The predicted molar refractivity (Wildman–Crippen MR) is 230 cm³/mol. The minimum Gasteiger partial charge on any atom is -0.444 e. The number of hydrogen-bond donors (Lipinski definition) is 3. The zero-order valence-electron chi connectivity index (χ0n) is 30.9. The molecule has 6 rings (SSSR count). The molecule has 3 aromatic carbocycles. The maximum absolute atomic E-state index is 12.3. The van der Waals surface area contributed by atoms with Crippen LogP contribution in [0, 0.1) is 0 Å². The minimum atomic E-state index is -0.530. The molecular weight excluding hydrogens is 900 g/mol. The lowest BCUT2D eigenvalue weighted by molar-refractivity contribution is -0.119. The van der Waals surface area contributed by atoms with E-state index in [0.717, 1.165) is 35.0 Å². The summed E-state index contributed by atoms with van der Waals surface area (Å²) >= 11 is 10.1. The largest absolute Gasteiger partial charge is 0.444 e. The highest BCUT2D eigenvalue weighted by molar-refractivity contribution is 9.11. The van der Waals surface area contributed by atoms with Crippen LogP contribution in [0.2, 0.25) is 0 Å². The highest BCUT2D eigenvalue weighted by Crippen LogP contribution is 2.18. The number of benzene rings is 3. The van der Waals surface area contributed by atoms with E-state index in [1.165, 1.54) is 6.92 Å². The summed E-state index contributed by atoms with van der Waals surface area (Å²) in [5.74, 6) is -0.0900. The van der Waals surface area contributed by atoms with Crippen molar-refractivity contribution in [3.05, 3.63) is 136 Å². The number of ether oxygens (including phenoxy) is 1. The fourth-order valence-electron chi connectivity index (χ4n) is 5.39. The second-order valence-electron chi connectivity index (χ2n) is 13.3. The topological polar surface area (TPSA) is 159 Å². The number of halogens is 3. The Balaban J connectivity index is 0.000000187. The number of nitrogens with one attached hydrogen (secondary N) is 2. The van der Waals surface area contributed by atoms with Crippen molar-refractivity contribution < 1.29 is 14.3 Å². The Labute approximate surface area is 343 Å². The molecule has 3 heterocycles. The van der Waals surface area contributed by atoms with Crippen molar-refractivity contribution in [2.75, 3.05) is 19.6 Å². The fraction of sp³-hybridized carbons (Fsp3) is 0.275. The van der Waals surface area contributed by atoms with Crippen molar-refractivity contribution in [1.29, 1.82) is 0 Å². The van der Waals surface area contributed by atoms with Gasteiger partial charge in [0.25, 0.3) is 16.7 Å². The van der Waals surface area contributed by atoms with Gasteiger partial charge in [0.1, 0.15) is 5.60 Å². The molecule has 3 aromatic heterocycles. The monoisotopic (exact) mass is 940 g/mol. The van der Waals surface area contributed by atoms with Crippen molar-refractivity contribution in [3.63, 3.8) is 0 Å². The summed E-state index contributed by atoms with van der Waals surface area (Å²) in [6.45, 7) is 9.56. The number of alkyl carbamates (subject to hydrolysis) is 1. The SMILES string of the molecule is CC(=O)NCCn1ccc2cc(Br)ccc2c1=O.CC(C)(C)OC(=O)NCCn1ccc2cc(Br)ccc2c1=O.NCCn1ccc2cc(Br)ccc2c1=O. The first-order valence-electron chi connectivity index (χ1n) is 17.3. The molecule has 0 bridgehead atoms. The highest BCUT2D eigenvalue weighted by atomic mass is 79.9. The number of fused-ring (bicyclic) bond motifs is 3. The average Bonchev–Trinajstić information content (AvgIpc) is 3.11. The Kier molecular flexibility index (Phi) is 15.6. The van der Waals surface area contributed by atoms with Gasteiger partial charge in [0.2, 0.25) is 5.91 Å². The van der Waals surface area contributed by atoms with Crippen molar-refractivity contribution in [2.24, 2.45) is 5.73 Å². The molecule has 0 saturated carbocycles. The number of pyridine rings is 3. The van der Waals surface area contributed by atoms with Crippen molar-refractivity contribution >= 4 is 92.1 Å². The number of rotatable bonds is 8. The molecule has 12 nitrogen and oxygen atoms in total. The Morgan fingerprint density at radius 1 is 0.618 bits per heavy atom. The second-order valence-corrected chi connectivity index (χ2v) is 16.1. The first-order valence-corrected chi connectivity index (χ1v) is 19.7. The van der Waals surface area contributed by atoms with Gasteiger partial charge in [-0.1, -0.05) is 47.8 Å². The van der Waals surface area contributed by atoms with Gasteiger partial charge in [-0.2, -0.15) is 0 Å². The number of nitrogens with two attached hydrogens (primary N) is 1. The molecule has 0 saturated heterocycles. The average molecular weight is 944 g/mol. The first kappa shape index (κ1) is 43.2. The van der Waals surface area contributed by atoms with E-state index in [4.69, 9.17) is 10.5 Å². The Morgan fingerprint density at radius 2 is 0.982 bits per heavy atom. The zero-order chi connectivity index (χ0) is 40.3. The van der Waals surface area contributed by atoms with Gasteiger partial charge in [0, 0.05) is 94.4 Å². The number of carbonyl (C=O) groups is 2. The van der Waals surface area contributed by atoms with Gasteiger partial charge >= 0.3 is 6.09 Å². The van der Waals surface area contributed by atoms with Crippen LogP contribution in [0.3, 0.4) is 0 Å². The number of nitrogens with zero attached hydrogens (tertiary/aromatic N) is 3. The third-order valence-electron chi connectivity index (χ3n) is 7.93. The normalized spacial score (nSPS) is 11.0. The van der Waals surface area contributed by atoms with Crippen LogP contribution in [0.15, 0.2) is 119 Å². The summed E-state index contributed by atoms with van der Waals surface area (Å²) in [4.78, 5) is 58.7. The summed E-state index contributed by atoms with van der Waals surface area (Å²) in [7, 11) is 0. The van der Waals surface area contributed by atoms with Crippen LogP contribution >= 0.6 is 47.8 Å². The molecule has 2 amide bonds. The van der Waals surface area contributed by atoms with Crippen LogP contribution in [-0.2, 0) is 29.2 Å². The number of carbonyl (C=O) groups excluding carboxylic acids is 2. The van der Waals surface area contributed by atoms with Gasteiger partial charge in [-0.15, -0.1) is 0 Å². The summed E-state index contributed by atoms with van der Waals surface area (Å²) in [6, 6.07) is 22.4. The molecule has 0 fully saturated rings. The molecule has 6 aromatic rings. The minimum absolute atomic E-state index is 0.0189. The maximum Gasteiger partial charge on any atom is 0.407 e. The van der Waals surface area contributed by atoms with Crippen molar-refractivity contribution in [3.8, 4) is 0 Å². The molecule has 0 radical (unpaired) electrons. The maximum atomic E-state index is 12.3. The lowest BCUT2D eigenvalue weighted by Crippen LogP contribution is -2.35. The molecule has 0 aliphatic heterocycles. The molecule has 55 heavy (non-hydrogen) atoms. The highest BCUT2D eigenvalue weighted by Gasteiger charge is 2.15. The molecule has 0 spiro atoms. The number of aromatic nitrogens is 3. The second kappa shape index (κ2) is 19.8. The molecule has 290 valence electrons. The van der Waals surface area contributed by atoms with Gasteiger partial charge in [-0.3, -0.25) is 19.2 Å². The Morgan fingerprint density at radius 3 is 1.33 bits per heavy atom. The lowest BCUT2D eigenvalue weighted by Gasteiger charge is -2.19. The molecule has 0 aliphatic rings. The van der Waals surface area contributed by atoms with Gasteiger partial charge in [-0.25, -0.2) is 4.79 Å². The van der Waals surface area contributed by atoms with Gasteiger partial charge < -0.3 is 34.8 Å². The van der Waals surface area contributed by atoms with Crippen LogP contribution in [-0.4, -0.2) is 50.9 Å². The van der Waals surface area contributed by atoms with E-state index in [1.807, 2.05) is 60.7 Å². The summed E-state index contributed by atoms with van der Waals surface area (Å²) in [5, 5.41) is 10.1. The van der Waals surface area contributed by atoms with E-state index < -0.39 is 11.7 Å². The van der Waals surface area contributed by atoms with Crippen LogP contribution in [0.5, 0.6) is 0 Å². The van der Waals surface area contributed by atoms with Gasteiger partial charge in [0.05, 0.1) is 0 Å². The molecular formula is C40H43Br3N6O6. The molecule has 0 unspecified atom stereocenters. The molecule has 0 aliphatic carbocycles. The molecule has 15 heteroatoms. The Hall–Kier alpha value is -4.57. The summed E-state index contributed by atoms with van der Waals surface area (Å²) in [5.41, 5.74) is 4.81. The van der Waals surface area contributed by atoms with E-state index in [-0.39, 0.29) is 22.6 Å². The molecule has 4 N–H and O–H groups in total. The van der Waals surface area contributed by atoms with Crippen LogP contribution < -0.4 is 33.0 Å². The predicted octanol–water partition coefficient (Wildman–Crippen LogP) is 6.91. The first-order chi connectivity index (χ1) is 26.1. The molecule has 0 atom stereocenters. The summed E-state index contributed by atoms with van der Waals surface area (Å²) < 4.78 is 12.8. The lowest BCUT2D eigenvalue weighted by atomic mass is 10.2. The van der Waals surface area contributed by atoms with E-state index in [2.05, 4.69) is 58.4 Å². The third kappa shape index (κ3) is 12.7. The third-order valence-corrected chi connectivity index (χ3v) is 9.41. The van der Waals surface area contributed by atoms with E-state index >= 15 is 0 Å². The standard InChI is InChI=1S/C16H19BrN2O3.C13H13BrN2O2.C11H11BrN2O/c1-16(2,3)22-15(21)18-7-9-19-8-6-11-10-12(17)4-5-13(11)14(19)20;1-9(17)15-5-7-16-6-4-10-8-11(14)2-3-12(10)13(16)18;12-9-1-2-10-8(7-9)3-5-14(6-4-13)11(10)15/h4-6,8,10H,7,9H2,1-3H3,(H,18,21);2-4,6,8H,5,7H2,1H3,(H,15,17);1-3,5,7H,4,6,13H2. The number of hydrogen-bond acceptors (Lipinski definition) is 7. The van der Waals surface area contributed by atoms with Crippen LogP contribution in [0.1, 0.15) is 27.7 Å². The van der Waals surface area contributed by atoms with E-state index in [0.29, 0.717) is 50.0 Å². The smallest absolute Gasteiger partial charge is 0.407 e. The van der Waals surface area contributed by atoms with Crippen molar-refractivity contribution in [1.82, 2.24) is 24.3 Å².